The van der Waals surface area contributed by atoms with Crippen molar-refractivity contribution in [3.05, 3.63) is 101 Å². The molecule has 5 heteroatoms. The van der Waals surface area contributed by atoms with Crippen LogP contribution in [0.4, 0.5) is 5.69 Å². The average molecular weight is 458 g/mol. The van der Waals surface area contributed by atoms with E-state index in [-0.39, 0.29) is 17.6 Å². The van der Waals surface area contributed by atoms with Crippen LogP contribution in [0.15, 0.2) is 78.9 Å². The largest absolute Gasteiger partial charge is 0.456 e. The molecule has 1 unspecified atom stereocenters. The third-order valence-electron chi connectivity index (χ3n) is 5.69. The van der Waals surface area contributed by atoms with Crippen LogP contribution < -0.4 is 5.32 Å². The molecule has 0 radical (unpaired) electrons. The molecule has 5 nitrogen and oxygen atoms in total. The topological polar surface area (TPSA) is 72.5 Å². The second-order valence-corrected chi connectivity index (χ2v) is 8.85. The van der Waals surface area contributed by atoms with Crippen LogP contribution >= 0.6 is 0 Å². The number of rotatable bonds is 9. The number of amides is 1. The van der Waals surface area contributed by atoms with E-state index in [4.69, 9.17) is 4.74 Å². The molecule has 1 N–H and O–H groups in total. The van der Waals surface area contributed by atoms with Crippen LogP contribution in [-0.2, 0) is 14.3 Å². The number of hydrogen-bond donors (Lipinski definition) is 1. The van der Waals surface area contributed by atoms with Gasteiger partial charge < -0.3 is 10.1 Å². The minimum absolute atomic E-state index is 0.180. The van der Waals surface area contributed by atoms with Crippen molar-refractivity contribution in [3.8, 4) is 0 Å². The molecule has 0 saturated carbocycles. The van der Waals surface area contributed by atoms with Crippen LogP contribution in [0.3, 0.4) is 0 Å². The molecule has 176 valence electrons. The second-order valence-electron chi connectivity index (χ2n) is 8.85. The maximum atomic E-state index is 13.5. The number of hydrogen-bond acceptors (Lipinski definition) is 4. The van der Waals surface area contributed by atoms with Gasteiger partial charge in [-0.3, -0.25) is 14.4 Å². The Labute approximate surface area is 201 Å². The van der Waals surface area contributed by atoms with Crippen LogP contribution in [-0.4, -0.2) is 24.3 Å². The Morgan fingerprint density at radius 3 is 1.79 bits per heavy atom. The summed E-state index contributed by atoms with van der Waals surface area (Å²) in [5.41, 5.74) is 3.68. The average Bonchev–Trinajstić information content (AvgIpc) is 2.83. The van der Waals surface area contributed by atoms with Gasteiger partial charge in [-0.2, -0.15) is 0 Å². The summed E-state index contributed by atoms with van der Waals surface area (Å²) in [4.78, 5) is 39.1. The highest BCUT2D eigenvalue weighted by molar-refractivity contribution is 6.10. The van der Waals surface area contributed by atoms with Gasteiger partial charge in [0.15, 0.2) is 18.3 Å². The van der Waals surface area contributed by atoms with Crippen molar-refractivity contribution in [2.75, 3.05) is 11.9 Å². The van der Waals surface area contributed by atoms with Gasteiger partial charge in [-0.1, -0.05) is 107 Å². The molecule has 0 aliphatic heterocycles. The van der Waals surface area contributed by atoms with Gasteiger partial charge in [0.1, 0.15) is 0 Å². The van der Waals surface area contributed by atoms with Crippen molar-refractivity contribution >= 4 is 23.3 Å². The fourth-order valence-electron chi connectivity index (χ4n) is 3.86. The predicted octanol–water partition coefficient (Wildman–Crippen LogP) is 6.08. The van der Waals surface area contributed by atoms with E-state index in [1.165, 1.54) is 0 Å². The van der Waals surface area contributed by atoms with E-state index in [9.17, 15) is 14.4 Å². The number of esters is 1. The molecule has 1 atom stereocenters. The number of ether oxygens (including phenoxy) is 1. The molecule has 3 rings (SSSR count). The lowest BCUT2D eigenvalue weighted by Crippen LogP contribution is -2.31. The van der Waals surface area contributed by atoms with E-state index < -0.39 is 24.4 Å². The Morgan fingerprint density at radius 2 is 1.26 bits per heavy atom. The zero-order valence-corrected chi connectivity index (χ0v) is 20.1. The molecule has 0 aromatic heterocycles. The Morgan fingerprint density at radius 1 is 0.735 bits per heavy atom. The van der Waals surface area contributed by atoms with Gasteiger partial charge in [-0.25, -0.2) is 0 Å². The first-order valence-corrected chi connectivity index (χ1v) is 11.5. The monoisotopic (exact) mass is 457 g/mol. The van der Waals surface area contributed by atoms with Crippen LogP contribution in [0.5, 0.6) is 0 Å². The number of carbonyl (C=O) groups is 3. The van der Waals surface area contributed by atoms with E-state index in [2.05, 4.69) is 33.0 Å². The molecule has 1 amide bonds. The molecular formula is C29H31NO4. The van der Waals surface area contributed by atoms with Gasteiger partial charge in [0.05, 0.1) is 0 Å². The van der Waals surface area contributed by atoms with Crippen LogP contribution in [0.2, 0.25) is 0 Å². The van der Waals surface area contributed by atoms with E-state index in [0.29, 0.717) is 11.1 Å². The zero-order valence-electron chi connectivity index (χ0n) is 20.1. The number of carbonyl (C=O) groups excluding carboxylic acids is 3. The molecule has 34 heavy (non-hydrogen) atoms. The lowest BCUT2D eigenvalue weighted by molar-refractivity contribution is -0.146. The molecule has 0 bridgehead atoms. The zero-order chi connectivity index (χ0) is 24.7. The number of anilines is 1. The molecule has 0 aliphatic carbocycles. The first-order valence-electron chi connectivity index (χ1n) is 11.5. The lowest BCUT2D eigenvalue weighted by atomic mass is 9.91. The third-order valence-corrected chi connectivity index (χ3v) is 5.69. The Hall–Kier alpha value is -3.73. The minimum Gasteiger partial charge on any atom is -0.456 e. The van der Waals surface area contributed by atoms with Crippen LogP contribution in [0, 0.1) is 0 Å². The summed E-state index contributed by atoms with van der Waals surface area (Å²) in [7, 11) is 0. The Kier molecular flexibility index (Phi) is 8.36. The van der Waals surface area contributed by atoms with Crippen molar-refractivity contribution in [1.82, 2.24) is 0 Å². The van der Waals surface area contributed by atoms with Crippen LogP contribution in [0.25, 0.3) is 0 Å². The normalized spacial score (nSPS) is 11.8. The highest BCUT2D eigenvalue weighted by atomic mass is 16.5. The summed E-state index contributed by atoms with van der Waals surface area (Å²) in [6, 6.07) is 23.3. The van der Waals surface area contributed by atoms with Gasteiger partial charge in [-0.05, 0) is 28.5 Å². The smallest absolute Gasteiger partial charge is 0.323 e. The van der Waals surface area contributed by atoms with Crippen molar-refractivity contribution < 1.29 is 19.1 Å². The molecule has 0 fully saturated rings. The summed E-state index contributed by atoms with van der Waals surface area (Å²) < 4.78 is 5.34. The molecule has 0 saturated heterocycles. The highest BCUT2D eigenvalue weighted by Crippen LogP contribution is 2.33. The van der Waals surface area contributed by atoms with Crippen molar-refractivity contribution in [2.24, 2.45) is 0 Å². The maximum absolute atomic E-state index is 13.5. The molecule has 3 aromatic rings. The Balaban J connectivity index is 1.88. The summed E-state index contributed by atoms with van der Waals surface area (Å²) in [6.45, 7) is 7.82. The molecule has 0 heterocycles. The fourth-order valence-corrected chi connectivity index (χ4v) is 3.86. The predicted molar refractivity (Wildman–Crippen MR) is 134 cm³/mol. The number of benzene rings is 3. The quantitative estimate of drug-likeness (QED) is 0.240. The van der Waals surface area contributed by atoms with E-state index in [0.717, 1.165) is 16.8 Å². The molecule has 0 spiro atoms. The maximum Gasteiger partial charge on any atom is 0.323 e. The molecule has 3 aromatic carbocycles. The first kappa shape index (κ1) is 24.9. The van der Waals surface area contributed by atoms with Crippen molar-refractivity contribution in [1.29, 1.82) is 0 Å². The molecule has 0 aliphatic rings. The van der Waals surface area contributed by atoms with E-state index in [1.54, 1.807) is 54.6 Å². The van der Waals surface area contributed by atoms with Crippen molar-refractivity contribution in [2.45, 2.75) is 45.4 Å². The number of Topliss-reactive ketones (excluding diaryl/α,β-unsaturated/α-hetero) is 1. The SMILES string of the molecule is CC(C)c1cccc(C(C)C)c1NC(=O)C(C(=O)OCC(=O)c1ccccc1)c1ccccc1. The summed E-state index contributed by atoms with van der Waals surface area (Å²) in [6.07, 6.45) is 0. The summed E-state index contributed by atoms with van der Waals surface area (Å²) in [5.74, 6) is -2.42. The van der Waals surface area contributed by atoms with Gasteiger partial charge in [-0.15, -0.1) is 0 Å². The van der Waals surface area contributed by atoms with Crippen LogP contribution in [0.1, 0.15) is 72.5 Å². The highest BCUT2D eigenvalue weighted by Gasteiger charge is 2.32. The molecular weight excluding hydrogens is 426 g/mol. The van der Waals surface area contributed by atoms with Gasteiger partial charge in [0.2, 0.25) is 5.91 Å². The lowest BCUT2D eigenvalue weighted by Gasteiger charge is -2.22. The van der Waals surface area contributed by atoms with Gasteiger partial charge >= 0.3 is 5.97 Å². The Bertz CT molecular complexity index is 1110. The number of ketones is 1. The van der Waals surface area contributed by atoms with Gasteiger partial charge in [0.25, 0.3) is 0 Å². The second kappa shape index (κ2) is 11.4. The first-order chi connectivity index (χ1) is 16.3. The van der Waals surface area contributed by atoms with Gasteiger partial charge in [0, 0.05) is 11.3 Å². The minimum atomic E-state index is -1.20. The number of nitrogens with one attached hydrogen (secondary N) is 1. The van der Waals surface area contributed by atoms with E-state index in [1.807, 2.05) is 24.3 Å². The van der Waals surface area contributed by atoms with Crippen molar-refractivity contribution in [3.63, 3.8) is 0 Å². The third kappa shape index (κ3) is 5.98. The summed E-state index contributed by atoms with van der Waals surface area (Å²) in [5, 5.41) is 3.02. The summed E-state index contributed by atoms with van der Waals surface area (Å²) >= 11 is 0. The standard InChI is InChI=1S/C29H31NO4/c1-19(2)23-16-11-17-24(20(3)4)27(23)30-28(32)26(22-14-9-6-10-15-22)29(33)34-18-25(31)21-12-7-5-8-13-21/h5-17,19-20,26H,18H2,1-4H3,(H,30,32). The fraction of sp³-hybridized carbons (Fsp3) is 0.276. The number of para-hydroxylation sites is 1. The van der Waals surface area contributed by atoms with E-state index >= 15 is 0 Å².